The van der Waals surface area contributed by atoms with Crippen LogP contribution in [0.15, 0.2) is 72.1 Å². The molecule has 0 fully saturated rings. The smallest absolute Gasteiger partial charge is 0.196 e. The van der Waals surface area contributed by atoms with Crippen molar-refractivity contribution in [1.29, 1.82) is 0 Å². The molecule has 0 aliphatic heterocycles. The molecule has 6 heteroatoms. The van der Waals surface area contributed by atoms with Gasteiger partial charge in [0, 0.05) is 29.4 Å². The highest BCUT2D eigenvalue weighted by molar-refractivity contribution is 7.98. The van der Waals surface area contributed by atoms with Crippen LogP contribution < -0.4 is 4.74 Å². The summed E-state index contributed by atoms with van der Waals surface area (Å²) >= 11 is 1.68. The quantitative estimate of drug-likeness (QED) is 0.413. The van der Waals surface area contributed by atoms with Crippen LogP contribution in [0.25, 0.3) is 17.1 Å². The SMILES string of the molecule is COc1ccc(-n2c(SCc3ccc(C)c(C)c3)nnc2-c2ccncc2)cc1. The number of methoxy groups -OCH3 is 1. The average molecular weight is 403 g/mol. The topological polar surface area (TPSA) is 52.8 Å². The lowest BCUT2D eigenvalue weighted by Gasteiger charge is -2.11. The van der Waals surface area contributed by atoms with Gasteiger partial charge in [-0.25, -0.2) is 0 Å². The summed E-state index contributed by atoms with van der Waals surface area (Å²) in [5, 5.41) is 9.82. The highest BCUT2D eigenvalue weighted by atomic mass is 32.2. The lowest BCUT2D eigenvalue weighted by atomic mass is 10.1. The second-order valence-electron chi connectivity index (χ2n) is 6.78. The predicted octanol–water partition coefficient (Wildman–Crippen LogP) is 5.25. The minimum absolute atomic E-state index is 0.792. The third-order valence-corrected chi connectivity index (χ3v) is 5.84. The van der Waals surface area contributed by atoms with E-state index in [2.05, 4.69) is 51.8 Å². The first-order valence-corrected chi connectivity index (χ1v) is 10.3. The second-order valence-corrected chi connectivity index (χ2v) is 7.73. The first-order valence-electron chi connectivity index (χ1n) is 9.35. The van der Waals surface area contributed by atoms with Crippen LogP contribution in [0, 0.1) is 13.8 Å². The van der Waals surface area contributed by atoms with Gasteiger partial charge in [-0.2, -0.15) is 0 Å². The summed E-state index contributed by atoms with van der Waals surface area (Å²) in [7, 11) is 1.67. The molecule has 4 rings (SSSR count). The third kappa shape index (κ3) is 4.17. The van der Waals surface area contributed by atoms with Crippen LogP contribution in [-0.2, 0) is 5.75 Å². The Morgan fingerprint density at radius 1 is 0.897 bits per heavy atom. The zero-order chi connectivity index (χ0) is 20.2. The fraction of sp³-hybridized carbons (Fsp3) is 0.174. The van der Waals surface area contributed by atoms with Gasteiger partial charge in [0.2, 0.25) is 0 Å². The van der Waals surface area contributed by atoms with Gasteiger partial charge >= 0.3 is 0 Å². The molecule has 4 aromatic rings. The van der Waals surface area contributed by atoms with Gasteiger partial charge in [0.15, 0.2) is 11.0 Å². The Bertz CT molecular complexity index is 1110. The average Bonchev–Trinajstić information content (AvgIpc) is 3.19. The molecular formula is C23H22N4OS. The minimum atomic E-state index is 0.792. The molecule has 0 unspecified atom stereocenters. The van der Waals surface area contributed by atoms with Crippen molar-refractivity contribution in [3.8, 4) is 22.8 Å². The molecule has 0 aliphatic rings. The largest absolute Gasteiger partial charge is 0.497 e. The van der Waals surface area contributed by atoms with Gasteiger partial charge in [-0.15, -0.1) is 10.2 Å². The second kappa shape index (κ2) is 8.49. The van der Waals surface area contributed by atoms with E-state index in [0.717, 1.165) is 33.7 Å². The van der Waals surface area contributed by atoms with E-state index < -0.39 is 0 Å². The van der Waals surface area contributed by atoms with Crippen molar-refractivity contribution >= 4 is 11.8 Å². The van der Waals surface area contributed by atoms with Crippen molar-refractivity contribution in [3.63, 3.8) is 0 Å². The summed E-state index contributed by atoms with van der Waals surface area (Å²) in [5.41, 5.74) is 5.84. The van der Waals surface area contributed by atoms with E-state index in [4.69, 9.17) is 4.74 Å². The van der Waals surface area contributed by atoms with Crippen molar-refractivity contribution in [2.45, 2.75) is 24.8 Å². The van der Waals surface area contributed by atoms with Crippen LogP contribution in [-0.4, -0.2) is 26.9 Å². The predicted molar refractivity (Wildman–Crippen MR) is 117 cm³/mol. The Balaban J connectivity index is 1.71. The summed E-state index contributed by atoms with van der Waals surface area (Å²) in [6, 6.07) is 18.4. The molecule has 0 spiro atoms. The maximum atomic E-state index is 5.30. The minimum Gasteiger partial charge on any atom is -0.497 e. The molecule has 0 aliphatic carbocycles. The maximum absolute atomic E-state index is 5.30. The summed E-state index contributed by atoms with van der Waals surface area (Å²) in [4.78, 5) is 4.11. The van der Waals surface area contributed by atoms with E-state index >= 15 is 0 Å². The zero-order valence-corrected chi connectivity index (χ0v) is 17.5. The molecule has 0 radical (unpaired) electrons. The van der Waals surface area contributed by atoms with E-state index in [9.17, 15) is 0 Å². The van der Waals surface area contributed by atoms with Gasteiger partial charge in [0.25, 0.3) is 0 Å². The van der Waals surface area contributed by atoms with Crippen LogP contribution >= 0.6 is 11.8 Å². The Kier molecular flexibility index (Phi) is 5.62. The van der Waals surface area contributed by atoms with Gasteiger partial charge in [-0.1, -0.05) is 30.0 Å². The number of hydrogen-bond acceptors (Lipinski definition) is 5. The molecule has 0 amide bonds. The van der Waals surface area contributed by atoms with Crippen molar-refractivity contribution in [1.82, 2.24) is 19.7 Å². The Morgan fingerprint density at radius 3 is 2.34 bits per heavy atom. The van der Waals surface area contributed by atoms with Crippen LogP contribution in [0.4, 0.5) is 0 Å². The summed E-state index contributed by atoms with van der Waals surface area (Å²) < 4.78 is 7.39. The highest BCUT2D eigenvalue weighted by Crippen LogP contribution is 2.30. The molecule has 5 nitrogen and oxygen atoms in total. The standard InChI is InChI=1S/C23H22N4OS/c1-16-4-5-18(14-17(16)2)15-29-23-26-25-22(19-10-12-24-13-11-19)27(23)20-6-8-21(28-3)9-7-20/h4-14H,15H2,1-3H3. The van der Waals surface area contributed by atoms with E-state index in [1.54, 1.807) is 31.3 Å². The number of hydrogen-bond donors (Lipinski definition) is 0. The van der Waals surface area contributed by atoms with Crippen LogP contribution in [0.2, 0.25) is 0 Å². The maximum Gasteiger partial charge on any atom is 0.196 e. The van der Waals surface area contributed by atoms with Crippen molar-refractivity contribution in [3.05, 3.63) is 83.7 Å². The molecule has 0 N–H and O–H groups in total. The number of aryl methyl sites for hydroxylation is 2. The normalized spacial score (nSPS) is 10.9. The zero-order valence-electron chi connectivity index (χ0n) is 16.7. The first-order chi connectivity index (χ1) is 14.2. The van der Waals surface area contributed by atoms with Gasteiger partial charge in [-0.3, -0.25) is 9.55 Å². The molecular weight excluding hydrogens is 380 g/mol. The number of rotatable bonds is 6. The summed E-state index contributed by atoms with van der Waals surface area (Å²) in [6.07, 6.45) is 3.54. The molecule has 2 aromatic heterocycles. The van der Waals surface area contributed by atoms with Crippen molar-refractivity contribution in [2.24, 2.45) is 0 Å². The molecule has 2 aromatic carbocycles. The fourth-order valence-corrected chi connectivity index (χ4v) is 3.95. The number of thioether (sulfide) groups is 1. The van der Waals surface area contributed by atoms with E-state index in [1.165, 1.54) is 16.7 Å². The van der Waals surface area contributed by atoms with Gasteiger partial charge < -0.3 is 4.74 Å². The van der Waals surface area contributed by atoms with E-state index in [0.29, 0.717) is 0 Å². The number of nitrogens with zero attached hydrogens (tertiary/aromatic N) is 4. The fourth-order valence-electron chi connectivity index (χ4n) is 3.06. The van der Waals surface area contributed by atoms with Crippen molar-refractivity contribution < 1.29 is 4.74 Å². The van der Waals surface area contributed by atoms with Crippen molar-refractivity contribution in [2.75, 3.05) is 7.11 Å². The lowest BCUT2D eigenvalue weighted by molar-refractivity contribution is 0.414. The number of pyridine rings is 1. The summed E-state index contributed by atoms with van der Waals surface area (Å²) in [5.74, 6) is 2.43. The molecule has 29 heavy (non-hydrogen) atoms. The molecule has 146 valence electrons. The Hall–Kier alpha value is -3.12. The van der Waals surface area contributed by atoms with E-state index in [-0.39, 0.29) is 0 Å². The number of benzene rings is 2. The Labute approximate surface area is 174 Å². The molecule has 0 saturated carbocycles. The molecule has 0 atom stereocenters. The summed E-state index contributed by atoms with van der Waals surface area (Å²) in [6.45, 7) is 4.28. The van der Waals surface area contributed by atoms with Gasteiger partial charge in [0.05, 0.1) is 7.11 Å². The van der Waals surface area contributed by atoms with Crippen LogP contribution in [0.1, 0.15) is 16.7 Å². The first kappa shape index (κ1) is 19.2. The highest BCUT2D eigenvalue weighted by Gasteiger charge is 2.16. The Morgan fingerprint density at radius 2 is 1.66 bits per heavy atom. The monoisotopic (exact) mass is 402 g/mol. The number of ether oxygens (including phenoxy) is 1. The molecule has 0 bridgehead atoms. The van der Waals surface area contributed by atoms with Gasteiger partial charge in [0.1, 0.15) is 5.75 Å². The van der Waals surface area contributed by atoms with E-state index in [1.807, 2.05) is 36.4 Å². The lowest BCUT2D eigenvalue weighted by Crippen LogP contribution is -2.00. The number of aromatic nitrogens is 4. The van der Waals surface area contributed by atoms with Crippen LogP contribution in [0.3, 0.4) is 0 Å². The third-order valence-electron chi connectivity index (χ3n) is 4.84. The molecule has 0 saturated heterocycles. The van der Waals surface area contributed by atoms with Crippen LogP contribution in [0.5, 0.6) is 5.75 Å². The van der Waals surface area contributed by atoms with Gasteiger partial charge in [-0.05, 0) is 66.9 Å². The molecule has 2 heterocycles.